The molecule has 92 valence electrons. The van der Waals surface area contributed by atoms with Crippen LogP contribution in [0.25, 0.3) is 0 Å². The van der Waals surface area contributed by atoms with Crippen molar-refractivity contribution >= 4 is 21.9 Å². The van der Waals surface area contributed by atoms with Crippen molar-refractivity contribution in [2.75, 3.05) is 7.11 Å². The Morgan fingerprint density at radius 1 is 1.41 bits per heavy atom. The Bertz CT molecular complexity index is 490. The van der Waals surface area contributed by atoms with Crippen LogP contribution in [-0.2, 0) is 10.2 Å². The van der Waals surface area contributed by atoms with Crippen LogP contribution in [0.5, 0.6) is 5.75 Å². The smallest absolute Gasteiger partial charge is 0.314 e. The standard InChI is InChI=1S/C13H15BrO3/c1-7-6-8(2)10(14)11(17-3)9(7)13(4-5-13)12(15)16/h6H,4-5H2,1-3H3,(H,15,16). The van der Waals surface area contributed by atoms with Crippen LogP contribution >= 0.6 is 15.9 Å². The van der Waals surface area contributed by atoms with Crippen LogP contribution in [0, 0.1) is 13.8 Å². The first-order chi connectivity index (χ1) is 7.94. The minimum atomic E-state index is -0.755. The van der Waals surface area contributed by atoms with Crippen LogP contribution in [0.1, 0.15) is 29.5 Å². The van der Waals surface area contributed by atoms with E-state index in [1.54, 1.807) is 7.11 Å². The summed E-state index contributed by atoms with van der Waals surface area (Å²) in [5, 5.41) is 9.39. The van der Waals surface area contributed by atoms with Gasteiger partial charge in [0.05, 0.1) is 17.0 Å². The Kier molecular flexibility index (Phi) is 2.94. The second kappa shape index (κ2) is 4.02. The molecule has 1 aromatic rings. The summed E-state index contributed by atoms with van der Waals surface area (Å²) in [6, 6.07) is 2.00. The fourth-order valence-electron chi connectivity index (χ4n) is 2.41. The number of aliphatic carboxylic acids is 1. The lowest BCUT2D eigenvalue weighted by molar-refractivity contribution is -0.140. The van der Waals surface area contributed by atoms with E-state index in [0.29, 0.717) is 18.6 Å². The van der Waals surface area contributed by atoms with Crippen LogP contribution in [0.3, 0.4) is 0 Å². The number of ether oxygens (including phenoxy) is 1. The number of hydrogen-bond donors (Lipinski definition) is 1. The zero-order valence-corrected chi connectivity index (χ0v) is 11.7. The van der Waals surface area contributed by atoms with Gasteiger partial charge in [-0.1, -0.05) is 6.07 Å². The van der Waals surface area contributed by atoms with Crippen LogP contribution in [0.15, 0.2) is 10.5 Å². The van der Waals surface area contributed by atoms with E-state index in [4.69, 9.17) is 4.74 Å². The number of benzene rings is 1. The van der Waals surface area contributed by atoms with Gasteiger partial charge >= 0.3 is 5.97 Å². The highest BCUT2D eigenvalue weighted by Gasteiger charge is 2.54. The molecule has 2 rings (SSSR count). The van der Waals surface area contributed by atoms with Crippen molar-refractivity contribution in [2.24, 2.45) is 0 Å². The maximum Gasteiger partial charge on any atom is 0.314 e. The molecule has 1 aliphatic rings. The van der Waals surface area contributed by atoms with Crippen molar-refractivity contribution in [1.29, 1.82) is 0 Å². The van der Waals surface area contributed by atoms with Gasteiger partial charge in [-0.3, -0.25) is 4.79 Å². The molecule has 0 unspecified atom stereocenters. The molecule has 3 nitrogen and oxygen atoms in total. The molecule has 1 saturated carbocycles. The van der Waals surface area contributed by atoms with Crippen molar-refractivity contribution < 1.29 is 14.6 Å². The van der Waals surface area contributed by atoms with Gasteiger partial charge in [-0.2, -0.15) is 0 Å². The fourth-order valence-corrected chi connectivity index (χ4v) is 2.88. The summed E-state index contributed by atoms with van der Waals surface area (Å²) in [4.78, 5) is 11.4. The van der Waals surface area contributed by atoms with E-state index < -0.39 is 11.4 Å². The molecule has 0 radical (unpaired) electrons. The minimum absolute atomic E-state index is 0.669. The summed E-state index contributed by atoms with van der Waals surface area (Å²) < 4.78 is 6.26. The zero-order valence-electron chi connectivity index (χ0n) is 10.1. The molecule has 1 aromatic carbocycles. The number of hydrogen-bond acceptors (Lipinski definition) is 2. The normalized spacial score (nSPS) is 16.7. The Labute approximate surface area is 109 Å². The maximum absolute atomic E-state index is 11.4. The third-order valence-electron chi connectivity index (χ3n) is 3.44. The average Bonchev–Trinajstić information content (AvgIpc) is 3.04. The summed E-state index contributed by atoms with van der Waals surface area (Å²) >= 11 is 3.48. The van der Waals surface area contributed by atoms with Gasteiger partial charge < -0.3 is 9.84 Å². The summed E-state index contributed by atoms with van der Waals surface area (Å²) in [6.45, 7) is 3.92. The van der Waals surface area contributed by atoms with Crippen molar-refractivity contribution in [3.8, 4) is 5.75 Å². The van der Waals surface area contributed by atoms with Gasteiger partial charge in [0.1, 0.15) is 5.75 Å². The van der Waals surface area contributed by atoms with Crippen molar-refractivity contribution in [2.45, 2.75) is 32.1 Å². The second-order valence-corrected chi connectivity index (χ2v) is 5.41. The summed E-state index contributed by atoms with van der Waals surface area (Å²) in [7, 11) is 1.58. The largest absolute Gasteiger partial charge is 0.495 e. The molecule has 1 fully saturated rings. The van der Waals surface area contributed by atoms with Gasteiger partial charge in [-0.15, -0.1) is 0 Å². The van der Waals surface area contributed by atoms with E-state index in [0.717, 1.165) is 21.2 Å². The van der Waals surface area contributed by atoms with E-state index in [1.807, 2.05) is 19.9 Å². The lowest BCUT2D eigenvalue weighted by Gasteiger charge is -2.20. The van der Waals surface area contributed by atoms with Crippen molar-refractivity contribution in [1.82, 2.24) is 0 Å². The topological polar surface area (TPSA) is 46.5 Å². The van der Waals surface area contributed by atoms with Gasteiger partial charge in [0.2, 0.25) is 0 Å². The lowest BCUT2D eigenvalue weighted by Crippen LogP contribution is -2.22. The number of carboxylic acids is 1. The van der Waals surface area contributed by atoms with Gasteiger partial charge in [0.25, 0.3) is 0 Å². The first-order valence-electron chi connectivity index (χ1n) is 5.51. The van der Waals surface area contributed by atoms with Crippen LogP contribution in [-0.4, -0.2) is 18.2 Å². The first kappa shape index (κ1) is 12.4. The zero-order chi connectivity index (χ0) is 12.8. The molecular weight excluding hydrogens is 284 g/mol. The molecule has 0 aromatic heterocycles. The highest BCUT2D eigenvalue weighted by molar-refractivity contribution is 9.10. The molecule has 0 bridgehead atoms. The highest BCUT2D eigenvalue weighted by Crippen LogP contribution is 2.54. The Hall–Kier alpha value is -1.03. The van der Waals surface area contributed by atoms with E-state index in [2.05, 4.69) is 15.9 Å². The molecule has 17 heavy (non-hydrogen) atoms. The quantitative estimate of drug-likeness (QED) is 0.932. The number of carboxylic acid groups (broad SMARTS) is 1. The molecule has 0 heterocycles. The van der Waals surface area contributed by atoms with Crippen molar-refractivity contribution in [3.05, 3.63) is 27.2 Å². The molecule has 0 saturated heterocycles. The summed E-state index contributed by atoms with van der Waals surface area (Å²) in [5.74, 6) is -0.0861. The van der Waals surface area contributed by atoms with Gasteiger partial charge in [0.15, 0.2) is 0 Å². The Balaban J connectivity index is 2.69. The number of carbonyl (C=O) groups is 1. The van der Waals surface area contributed by atoms with E-state index in [9.17, 15) is 9.90 Å². The summed E-state index contributed by atoms with van der Waals surface area (Å²) in [6.07, 6.45) is 1.38. The molecule has 1 aliphatic carbocycles. The molecule has 0 spiro atoms. The Morgan fingerprint density at radius 2 is 2.00 bits per heavy atom. The molecule has 4 heteroatoms. The first-order valence-corrected chi connectivity index (χ1v) is 6.31. The summed E-state index contributed by atoms with van der Waals surface area (Å²) in [5.41, 5.74) is 2.14. The van der Waals surface area contributed by atoms with Gasteiger partial charge in [-0.05, 0) is 53.7 Å². The van der Waals surface area contributed by atoms with E-state index in [1.165, 1.54) is 0 Å². The van der Waals surface area contributed by atoms with Gasteiger partial charge in [-0.25, -0.2) is 0 Å². The highest BCUT2D eigenvalue weighted by atomic mass is 79.9. The minimum Gasteiger partial charge on any atom is -0.495 e. The maximum atomic E-state index is 11.4. The third-order valence-corrected chi connectivity index (χ3v) is 4.43. The average molecular weight is 299 g/mol. The van der Waals surface area contributed by atoms with Gasteiger partial charge in [0, 0.05) is 5.56 Å². The monoisotopic (exact) mass is 298 g/mol. The van der Waals surface area contributed by atoms with Crippen LogP contribution in [0.2, 0.25) is 0 Å². The van der Waals surface area contributed by atoms with E-state index >= 15 is 0 Å². The molecule has 0 amide bonds. The molecular formula is C13H15BrO3. The van der Waals surface area contributed by atoms with E-state index in [-0.39, 0.29) is 0 Å². The molecule has 1 N–H and O–H groups in total. The fraction of sp³-hybridized carbons (Fsp3) is 0.462. The third kappa shape index (κ3) is 1.75. The van der Waals surface area contributed by atoms with Crippen molar-refractivity contribution in [3.63, 3.8) is 0 Å². The predicted molar refractivity (Wildman–Crippen MR) is 68.7 cm³/mol. The number of rotatable bonds is 3. The predicted octanol–water partition coefficient (Wildman–Crippen LogP) is 3.19. The number of methoxy groups -OCH3 is 1. The number of aryl methyl sites for hydroxylation is 2. The molecule has 0 aliphatic heterocycles. The SMILES string of the molecule is COc1c(Br)c(C)cc(C)c1C1(C(=O)O)CC1. The lowest BCUT2D eigenvalue weighted by atomic mass is 9.90. The van der Waals surface area contributed by atoms with Crippen LogP contribution in [0.4, 0.5) is 0 Å². The number of halogens is 1. The second-order valence-electron chi connectivity index (χ2n) is 4.62. The molecule has 0 atom stereocenters. The van der Waals surface area contributed by atoms with Crippen LogP contribution < -0.4 is 4.74 Å². The Morgan fingerprint density at radius 3 is 2.41 bits per heavy atom.